The van der Waals surface area contributed by atoms with Crippen LogP contribution in [0, 0.1) is 0 Å². The van der Waals surface area contributed by atoms with Gasteiger partial charge in [0.05, 0.1) is 17.0 Å². The maximum Gasteiger partial charge on any atom is 0.329 e. The van der Waals surface area contributed by atoms with Crippen LogP contribution in [0.15, 0.2) is 22.9 Å². The first kappa shape index (κ1) is 16.1. The lowest BCUT2D eigenvalue weighted by Crippen LogP contribution is -2.57. The van der Waals surface area contributed by atoms with Gasteiger partial charge in [0.25, 0.3) is 0 Å². The molecule has 2 N–H and O–H groups in total. The molecule has 1 aliphatic rings. The molecule has 3 rings (SSSR count). The molecule has 122 valence electrons. The van der Waals surface area contributed by atoms with Crippen molar-refractivity contribution in [2.24, 2.45) is 0 Å². The molecule has 0 bridgehead atoms. The summed E-state index contributed by atoms with van der Waals surface area (Å²) in [4.78, 5) is 29.3. The zero-order valence-corrected chi connectivity index (χ0v) is 13.9. The number of hydrogen-bond donors (Lipinski definition) is 2. The van der Waals surface area contributed by atoms with Crippen molar-refractivity contribution < 1.29 is 19.4 Å². The van der Waals surface area contributed by atoms with E-state index in [1.165, 1.54) is 11.3 Å². The van der Waals surface area contributed by atoms with Crippen LogP contribution in [0.1, 0.15) is 18.5 Å². The molecule has 1 amide bonds. The highest BCUT2D eigenvalue weighted by molar-refractivity contribution is 7.20. The molecule has 0 aliphatic carbocycles. The zero-order chi connectivity index (χ0) is 16.3. The van der Waals surface area contributed by atoms with E-state index in [2.05, 4.69) is 10.3 Å². The Labute approximate surface area is 141 Å². The summed E-state index contributed by atoms with van der Waals surface area (Å²) in [7, 11) is 0. The molecule has 3 heterocycles. The third-order valence-corrected chi connectivity index (χ3v) is 5.69. The number of carboxylic acids is 1. The summed E-state index contributed by atoms with van der Waals surface area (Å²) in [6.45, 7) is 0.678. The lowest BCUT2D eigenvalue weighted by molar-refractivity contribution is -0.152. The van der Waals surface area contributed by atoms with Crippen LogP contribution in [0.3, 0.4) is 0 Å². The Balaban J connectivity index is 1.66. The van der Waals surface area contributed by atoms with Gasteiger partial charge in [0, 0.05) is 31.4 Å². The van der Waals surface area contributed by atoms with E-state index >= 15 is 0 Å². The SMILES string of the molecule is O=C(Cc1csc(-c2cccs2)n1)NC1(C(=O)O)CCOCC1. The lowest BCUT2D eigenvalue weighted by atomic mass is 9.90. The van der Waals surface area contributed by atoms with Gasteiger partial charge in [0.15, 0.2) is 0 Å². The first-order valence-corrected chi connectivity index (χ1v) is 8.95. The van der Waals surface area contributed by atoms with Gasteiger partial charge < -0.3 is 15.2 Å². The molecule has 0 saturated carbocycles. The predicted octanol–water partition coefficient (Wildman–Crippen LogP) is 2.16. The van der Waals surface area contributed by atoms with Crippen LogP contribution in [0.2, 0.25) is 0 Å². The second kappa shape index (κ2) is 6.77. The highest BCUT2D eigenvalue weighted by atomic mass is 32.1. The maximum atomic E-state index is 12.2. The molecule has 0 atom stereocenters. The first-order chi connectivity index (χ1) is 11.1. The van der Waals surface area contributed by atoms with E-state index < -0.39 is 11.5 Å². The number of rotatable bonds is 5. The van der Waals surface area contributed by atoms with Gasteiger partial charge in [0.2, 0.25) is 5.91 Å². The Morgan fingerprint density at radius 1 is 1.35 bits per heavy atom. The third-order valence-electron chi connectivity index (χ3n) is 3.76. The lowest BCUT2D eigenvalue weighted by Gasteiger charge is -2.33. The first-order valence-electron chi connectivity index (χ1n) is 7.19. The second-order valence-electron chi connectivity index (χ2n) is 5.35. The summed E-state index contributed by atoms with van der Waals surface area (Å²) >= 11 is 3.08. The Morgan fingerprint density at radius 3 is 2.78 bits per heavy atom. The number of aromatic nitrogens is 1. The standard InChI is InChI=1S/C15H16N2O4S2/c18-12(17-15(14(19)20)3-5-21-6-4-15)8-10-9-23-13(16-10)11-2-1-7-22-11/h1-2,7,9H,3-6,8H2,(H,17,18)(H,19,20). The minimum atomic E-state index is -1.22. The number of ether oxygens (including phenoxy) is 1. The number of thiazole rings is 1. The molecule has 23 heavy (non-hydrogen) atoms. The third kappa shape index (κ3) is 3.60. The Bertz CT molecular complexity index is 690. The van der Waals surface area contributed by atoms with E-state index in [0.717, 1.165) is 9.88 Å². The number of hydrogen-bond acceptors (Lipinski definition) is 6. The number of carbonyl (C=O) groups excluding carboxylic acids is 1. The quantitative estimate of drug-likeness (QED) is 0.861. The Kier molecular flexibility index (Phi) is 4.74. The summed E-state index contributed by atoms with van der Waals surface area (Å²) in [5.41, 5.74) is -0.564. The zero-order valence-electron chi connectivity index (χ0n) is 12.3. The van der Waals surface area contributed by atoms with Gasteiger partial charge in [-0.15, -0.1) is 22.7 Å². The number of amides is 1. The van der Waals surface area contributed by atoms with Crippen LogP contribution in [0.25, 0.3) is 9.88 Å². The molecule has 0 unspecified atom stereocenters. The van der Waals surface area contributed by atoms with Gasteiger partial charge in [-0.2, -0.15) is 0 Å². The number of carbonyl (C=O) groups is 2. The van der Waals surface area contributed by atoms with Crippen molar-refractivity contribution in [1.29, 1.82) is 0 Å². The van der Waals surface area contributed by atoms with E-state index in [1.54, 1.807) is 11.3 Å². The topological polar surface area (TPSA) is 88.5 Å². The number of carboxylic acid groups (broad SMARTS) is 1. The Hall–Kier alpha value is -1.77. The van der Waals surface area contributed by atoms with Gasteiger partial charge in [-0.05, 0) is 11.4 Å². The van der Waals surface area contributed by atoms with Crippen molar-refractivity contribution in [3.63, 3.8) is 0 Å². The van der Waals surface area contributed by atoms with Crippen LogP contribution in [-0.2, 0) is 20.7 Å². The minimum Gasteiger partial charge on any atom is -0.480 e. The summed E-state index contributed by atoms with van der Waals surface area (Å²) in [6.07, 6.45) is 0.648. The van der Waals surface area contributed by atoms with E-state index in [9.17, 15) is 14.7 Å². The van der Waals surface area contributed by atoms with Gasteiger partial charge in [-0.1, -0.05) is 6.07 Å². The molecule has 6 nitrogen and oxygen atoms in total. The molecule has 1 aliphatic heterocycles. The summed E-state index contributed by atoms with van der Waals surface area (Å²) in [6, 6.07) is 3.93. The van der Waals surface area contributed by atoms with E-state index in [4.69, 9.17) is 4.74 Å². The molecule has 0 radical (unpaired) electrons. The van der Waals surface area contributed by atoms with E-state index in [0.29, 0.717) is 18.9 Å². The van der Waals surface area contributed by atoms with Crippen LogP contribution < -0.4 is 5.32 Å². The minimum absolute atomic E-state index is 0.0811. The van der Waals surface area contributed by atoms with Crippen molar-refractivity contribution in [3.8, 4) is 9.88 Å². The van der Waals surface area contributed by atoms with Crippen LogP contribution in [0.4, 0.5) is 0 Å². The van der Waals surface area contributed by atoms with Gasteiger partial charge >= 0.3 is 5.97 Å². The van der Waals surface area contributed by atoms with Crippen molar-refractivity contribution in [1.82, 2.24) is 10.3 Å². The maximum absolute atomic E-state index is 12.2. The van der Waals surface area contributed by atoms with Crippen LogP contribution >= 0.6 is 22.7 Å². The highest BCUT2D eigenvalue weighted by Gasteiger charge is 2.41. The van der Waals surface area contributed by atoms with Crippen molar-refractivity contribution >= 4 is 34.6 Å². The van der Waals surface area contributed by atoms with Crippen molar-refractivity contribution in [2.45, 2.75) is 24.8 Å². The number of nitrogens with zero attached hydrogens (tertiary/aromatic N) is 1. The summed E-state index contributed by atoms with van der Waals surface area (Å²) in [5.74, 6) is -1.33. The fraction of sp³-hybridized carbons (Fsp3) is 0.400. The molecule has 1 fully saturated rings. The largest absolute Gasteiger partial charge is 0.480 e. The molecule has 0 aromatic carbocycles. The fourth-order valence-corrected chi connectivity index (χ4v) is 4.12. The molecule has 2 aromatic rings. The molecular weight excluding hydrogens is 336 g/mol. The average Bonchev–Trinajstić information content (AvgIpc) is 3.18. The van der Waals surface area contributed by atoms with Gasteiger partial charge in [-0.25, -0.2) is 9.78 Å². The normalized spacial score (nSPS) is 16.9. The smallest absolute Gasteiger partial charge is 0.329 e. The second-order valence-corrected chi connectivity index (χ2v) is 7.15. The van der Waals surface area contributed by atoms with Crippen molar-refractivity contribution in [3.05, 3.63) is 28.6 Å². The number of nitrogens with one attached hydrogen (secondary N) is 1. The molecule has 8 heteroatoms. The monoisotopic (exact) mass is 352 g/mol. The number of thiophene rings is 1. The molecule has 2 aromatic heterocycles. The van der Waals surface area contributed by atoms with E-state index in [1.807, 2.05) is 22.9 Å². The van der Waals surface area contributed by atoms with Gasteiger partial charge in [-0.3, -0.25) is 4.79 Å². The Morgan fingerprint density at radius 2 is 2.13 bits per heavy atom. The molecule has 0 spiro atoms. The highest BCUT2D eigenvalue weighted by Crippen LogP contribution is 2.28. The summed E-state index contributed by atoms with van der Waals surface area (Å²) < 4.78 is 5.20. The van der Waals surface area contributed by atoms with E-state index in [-0.39, 0.29) is 25.2 Å². The van der Waals surface area contributed by atoms with Crippen LogP contribution in [-0.4, -0.2) is 40.7 Å². The number of aliphatic carboxylic acids is 1. The summed E-state index contributed by atoms with van der Waals surface area (Å²) in [5, 5.41) is 16.8. The molecule has 1 saturated heterocycles. The van der Waals surface area contributed by atoms with Crippen LogP contribution in [0.5, 0.6) is 0 Å². The fourth-order valence-electron chi connectivity index (χ4n) is 2.49. The average molecular weight is 352 g/mol. The van der Waals surface area contributed by atoms with Gasteiger partial charge in [0.1, 0.15) is 10.5 Å². The predicted molar refractivity (Wildman–Crippen MR) is 87.7 cm³/mol. The van der Waals surface area contributed by atoms with Crippen molar-refractivity contribution in [2.75, 3.05) is 13.2 Å². The molecular formula is C15H16N2O4S2.